The largest absolute Gasteiger partial charge is 0.480 e. The van der Waals surface area contributed by atoms with Gasteiger partial charge >= 0.3 is 0 Å². The third kappa shape index (κ3) is 3.59. The van der Waals surface area contributed by atoms with Crippen LogP contribution in [-0.4, -0.2) is 23.0 Å². The van der Waals surface area contributed by atoms with Gasteiger partial charge in [0.05, 0.1) is 23.9 Å². The minimum absolute atomic E-state index is 0.166. The Morgan fingerprint density at radius 3 is 2.64 bits per heavy atom. The lowest BCUT2D eigenvalue weighted by atomic mass is 10.3. The summed E-state index contributed by atoms with van der Waals surface area (Å²) in [5, 5.41) is 3.02. The van der Waals surface area contributed by atoms with Crippen molar-refractivity contribution >= 4 is 34.5 Å². The molecule has 9 heteroatoms. The van der Waals surface area contributed by atoms with Gasteiger partial charge in [0, 0.05) is 6.20 Å². The zero-order valence-electron chi connectivity index (χ0n) is 12.7. The molecule has 25 heavy (non-hydrogen) atoms. The van der Waals surface area contributed by atoms with Crippen molar-refractivity contribution in [2.45, 2.75) is 0 Å². The molecule has 3 rings (SSSR count). The number of para-hydroxylation sites is 1. The van der Waals surface area contributed by atoms with Crippen LogP contribution in [0.4, 0.5) is 14.5 Å². The van der Waals surface area contributed by atoms with E-state index in [9.17, 15) is 13.6 Å². The Kier molecular flexibility index (Phi) is 4.91. The number of aromatic nitrogens is 2. The van der Waals surface area contributed by atoms with Crippen molar-refractivity contribution in [1.29, 1.82) is 0 Å². The van der Waals surface area contributed by atoms with Gasteiger partial charge in [0.2, 0.25) is 5.88 Å². The van der Waals surface area contributed by atoms with Gasteiger partial charge in [0.15, 0.2) is 0 Å². The molecule has 0 aliphatic rings. The molecule has 2 aromatic heterocycles. The fourth-order valence-electron chi connectivity index (χ4n) is 2.04. The van der Waals surface area contributed by atoms with Crippen molar-refractivity contribution in [3.05, 3.63) is 58.2 Å². The lowest BCUT2D eigenvalue weighted by molar-refractivity contribution is 0.102. The number of hydrogen-bond donors (Lipinski definition) is 1. The van der Waals surface area contributed by atoms with Crippen LogP contribution in [0.15, 0.2) is 36.7 Å². The van der Waals surface area contributed by atoms with E-state index in [0.717, 1.165) is 23.5 Å². The molecule has 3 aromatic rings. The Morgan fingerprint density at radius 2 is 1.96 bits per heavy atom. The lowest BCUT2D eigenvalue weighted by Crippen LogP contribution is -2.12. The summed E-state index contributed by atoms with van der Waals surface area (Å²) in [6.07, 6.45) is 2.72. The number of hydrogen-bond acceptors (Lipinski definition) is 5. The van der Waals surface area contributed by atoms with Crippen molar-refractivity contribution in [1.82, 2.24) is 9.97 Å². The van der Waals surface area contributed by atoms with Crippen molar-refractivity contribution < 1.29 is 18.3 Å². The van der Waals surface area contributed by atoms with E-state index in [2.05, 4.69) is 15.3 Å². The molecule has 0 aliphatic carbocycles. The molecule has 0 fully saturated rings. The van der Waals surface area contributed by atoms with Gasteiger partial charge in [-0.1, -0.05) is 17.7 Å². The van der Waals surface area contributed by atoms with Crippen molar-refractivity contribution in [3.63, 3.8) is 0 Å². The van der Waals surface area contributed by atoms with Gasteiger partial charge in [-0.15, -0.1) is 11.3 Å². The number of anilines is 1. The Balaban J connectivity index is 1.89. The highest BCUT2D eigenvalue weighted by atomic mass is 35.5. The summed E-state index contributed by atoms with van der Waals surface area (Å²) in [6.45, 7) is 0. The highest BCUT2D eigenvalue weighted by Crippen LogP contribution is 2.33. The molecule has 0 bridgehead atoms. The van der Waals surface area contributed by atoms with E-state index in [0.29, 0.717) is 21.5 Å². The van der Waals surface area contributed by atoms with Crippen LogP contribution in [0.25, 0.3) is 10.6 Å². The molecule has 0 atom stereocenters. The molecule has 0 radical (unpaired) electrons. The van der Waals surface area contributed by atoms with Crippen LogP contribution in [0.3, 0.4) is 0 Å². The molecule has 1 amide bonds. The topological polar surface area (TPSA) is 64.1 Å². The Bertz CT molecular complexity index is 929. The highest BCUT2D eigenvalue weighted by Gasteiger charge is 2.18. The third-order valence-electron chi connectivity index (χ3n) is 3.17. The molecule has 1 aromatic carbocycles. The van der Waals surface area contributed by atoms with Crippen LogP contribution >= 0.6 is 22.9 Å². The SMILES string of the molecule is COc1ncc(Cl)cc1-c1ncc(C(=O)Nc2c(F)cccc2F)s1. The van der Waals surface area contributed by atoms with Crippen LogP contribution in [-0.2, 0) is 0 Å². The number of rotatable bonds is 4. The third-order valence-corrected chi connectivity index (χ3v) is 4.41. The van der Waals surface area contributed by atoms with Crippen LogP contribution in [0.2, 0.25) is 5.02 Å². The fraction of sp³-hybridized carbons (Fsp3) is 0.0625. The standard InChI is InChI=1S/C16H10ClF2N3O2S/c1-24-15-9(5-8(17)6-20-15)16-21-7-12(25-16)14(23)22-13-10(18)3-2-4-11(13)19/h2-7H,1H3,(H,22,23). The number of pyridine rings is 1. The van der Waals surface area contributed by atoms with Crippen molar-refractivity contribution in [2.75, 3.05) is 12.4 Å². The van der Waals surface area contributed by atoms with Gasteiger partial charge < -0.3 is 10.1 Å². The van der Waals surface area contributed by atoms with Gasteiger partial charge in [0.25, 0.3) is 5.91 Å². The number of carbonyl (C=O) groups is 1. The summed E-state index contributed by atoms with van der Waals surface area (Å²) in [5.41, 5.74) is 0.000532. The van der Waals surface area contributed by atoms with E-state index in [1.54, 1.807) is 6.07 Å². The summed E-state index contributed by atoms with van der Waals surface area (Å²) in [7, 11) is 1.45. The monoisotopic (exact) mass is 381 g/mol. The van der Waals surface area contributed by atoms with Crippen molar-refractivity contribution in [2.24, 2.45) is 0 Å². The predicted octanol–water partition coefficient (Wildman–Crippen LogP) is 4.40. The second-order valence-corrected chi connectivity index (χ2v) is 6.26. The number of amides is 1. The summed E-state index contributed by atoms with van der Waals surface area (Å²) < 4.78 is 32.4. The normalized spacial score (nSPS) is 10.6. The highest BCUT2D eigenvalue weighted by molar-refractivity contribution is 7.17. The number of thiazole rings is 1. The van der Waals surface area contributed by atoms with Crippen LogP contribution < -0.4 is 10.1 Å². The maximum Gasteiger partial charge on any atom is 0.267 e. The number of benzene rings is 1. The Labute approximate surface area is 150 Å². The molecular weight excluding hydrogens is 372 g/mol. The first-order chi connectivity index (χ1) is 12.0. The maximum absolute atomic E-state index is 13.6. The Hall–Kier alpha value is -2.58. The molecule has 0 saturated heterocycles. The maximum atomic E-state index is 13.6. The van der Waals surface area contributed by atoms with Crippen LogP contribution in [0, 0.1) is 11.6 Å². The van der Waals surface area contributed by atoms with Crippen LogP contribution in [0.1, 0.15) is 9.67 Å². The molecule has 0 spiro atoms. The van der Waals surface area contributed by atoms with Gasteiger partial charge in [-0.3, -0.25) is 4.79 Å². The zero-order valence-corrected chi connectivity index (χ0v) is 14.3. The average molecular weight is 382 g/mol. The number of ether oxygens (including phenoxy) is 1. The number of methoxy groups -OCH3 is 1. The van der Waals surface area contributed by atoms with Gasteiger partial charge in [-0.25, -0.2) is 18.7 Å². The number of halogens is 3. The Morgan fingerprint density at radius 1 is 1.24 bits per heavy atom. The minimum Gasteiger partial charge on any atom is -0.480 e. The summed E-state index contributed by atoms with van der Waals surface area (Å²) in [6, 6.07) is 4.92. The first-order valence-electron chi connectivity index (χ1n) is 6.90. The molecule has 2 heterocycles. The summed E-state index contributed by atoms with van der Waals surface area (Å²) in [4.78, 5) is 20.6. The van der Waals surface area contributed by atoms with E-state index in [1.807, 2.05) is 0 Å². The minimum atomic E-state index is -0.862. The summed E-state index contributed by atoms with van der Waals surface area (Å²) >= 11 is 6.95. The van der Waals surface area contributed by atoms with Gasteiger partial charge in [0.1, 0.15) is 27.2 Å². The predicted molar refractivity (Wildman–Crippen MR) is 91.2 cm³/mol. The van der Waals surface area contributed by atoms with Crippen molar-refractivity contribution in [3.8, 4) is 16.5 Å². The molecule has 128 valence electrons. The first-order valence-corrected chi connectivity index (χ1v) is 8.10. The fourth-order valence-corrected chi connectivity index (χ4v) is 3.02. The van der Waals surface area contributed by atoms with E-state index in [1.165, 1.54) is 25.6 Å². The quantitative estimate of drug-likeness (QED) is 0.727. The molecule has 0 aliphatic heterocycles. The van der Waals surface area contributed by atoms with E-state index < -0.39 is 23.2 Å². The zero-order chi connectivity index (χ0) is 18.0. The van der Waals surface area contributed by atoms with Crippen LogP contribution in [0.5, 0.6) is 5.88 Å². The number of carbonyl (C=O) groups excluding carboxylic acids is 1. The van der Waals surface area contributed by atoms with E-state index in [-0.39, 0.29) is 4.88 Å². The van der Waals surface area contributed by atoms with Gasteiger partial charge in [-0.2, -0.15) is 0 Å². The second kappa shape index (κ2) is 7.12. The first kappa shape index (κ1) is 17.2. The molecule has 1 N–H and O–H groups in total. The summed E-state index contributed by atoms with van der Waals surface area (Å²) in [5.74, 6) is -2.11. The lowest BCUT2D eigenvalue weighted by Gasteiger charge is -2.06. The van der Waals surface area contributed by atoms with E-state index >= 15 is 0 Å². The smallest absolute Gasteiger partial charge is 0.267 e. The molecule has 5 nitrogen and oxygen atoms in total. The van der Waals surface area contributed by atoms with E-state index in [4.69, 9.17) is 16.3 Å². The molecule has 0 saturated carbocycles. The second-order valence-electron chi connectivity index (χ2n) is 4.79. The molecular formula is C16H10ClF2N3O2S. The number of nitrogens with one attached hydrogen (secondary N) is 1. The average Bonchev–Trinajstić information content (AvgIpc) is 3.08. The molecule has 0 unspecified atom stereocenters. The van der Waals surface area contributed by atoms with Gasteiger partial charge in [-0.05, 0) is 18.2 Å². The number of nitrogens with zero attached hydrogens (tertiary/aromatic N) is 2.